The number of hydrogen-bond acceptors (Lipinski definition) is 7. The first kappa shape index (κ1) is 19.0. The summed E-state index contributed by atoms with van der Waals surface area (Å²) in [5.41, 5.74) is 0.889. The zero-order valence-corrected chi connectivity index (χ0v) is 14.8. The molecular weight excluding hydrogens is 327 g/mol. The lowest BCUT2D eigenvalue weighted by molar-refractivity contribution is -0.222. The van der Waals surface area contributed by atoms with Gasteiger partial charge in [-0.25, -0.2) is 9.59 Å². The van der Waals surface area contributed by atoms with Crippen molar-refractivity contribution in [1.29, 1.82) is 0 Å². The van der Waals surface area contributed by atoms with Gasteiger partial charge in [0.05, 0.1) is 6.10 Å². The van der Waals surface area contributed by atoms with Crippen LogP contribution >= 0.6 is 0 Å². The van der Waals surface area contributed by atoms with E-state index in [-0.39, 0.29) is 22.9 Å². The second kappa shape index (κ2) is 6.89. The highest BCUT2D eigenvalue weighted by Gasteiger charge is 2.39. The Hall–Kier alpha value is -2.32. The Labute approximate surface area is 146 Å². The number of rotatable bonds is 4. The number of carbonyl (C=O) groups excluding carboxylic acids is 2. The molecule has 0 radical (unpaired) electrons. The molecule has 134 valence electrons. The average molecular weight is 348 g/mol. The summed E-state index contributed by atoms with van der Waals surface area (Å²) in [6.07, 6.45) is 1.01. The van der Waals surface area contributed by atoms with Gasteiger partial charge in [-0.05, 0) is 32.9 Å². The van der Waals surface area contributed by atoms with Crippen molar-refractivity contribution in [1.82, 2.24) is 0 Å². The van der Waals surface area contributed by atoms with E-state index in [9.17, 15) is 19.6 Å². The van der Waals surface area contributed by atoms with E-state index < -0.39 is 24.8 Å². The number of ether oxygens (including phenoxy) is 3. The molecule has 1 fully saturated rings. The molecule has 7 nitrogen and oxygen atoms in total. The van der Waals surface area contributed by atoms with E-state index in [0.717, 1.165) is 0 Å². The Morgan fingerprint density at radius 3 is 2.20 bits per heavy atom. The predicted molar refractivity (Wildman–Crippen MR) is 91.0 cm³/mol. The Morgan fingerprint density at radius 1 is 1.16 bits per heavy atom. The normalized spacial score (nSPS) is 16.4. The summed E-state index contributed by atoms with van der Waals surface area (Å²) < 4.78 is 15.8. The van der Waals surface area contributed by atoms with E-state index in [1.807, 2.05) is 0 Å². The Kier molecular flexibility index (Phi) is 5.24. The second-order valence-electron chi connectivity index (χ2n) is 6.55. The second-order valence-corrected chi connectivity index (χ2v) is 6.55. The number of esters is 2. The van der Waals surface area contributed by atoms with Gasteiger partial charge in [0.2, 0.25) is 0 Å². The minimum absolute atomic E-state index is 0.137. The van der Waals surface area contributed by atoms with Crippen LogP contribution in [0.3, 0.4) is 0 Å². The van der Waals surface area contributed by atoms with Gasteiger partial charge in [-0.1, -0.05) is 11.6 Å². The van der Waals surface area contributed by atoms with Crippen molar-refractivity contribution in [2.45, 2.75) is 46.5 Å². The highest BCUT2D eigenvalue weighted by Crippen LogP contribution is 2.28. The lowest BCUT2D eigenvalue weighted by atomic mass is 9.77. The molecule has 0 bridgehead atoms. The van der Waals surface area contributed by atoms with Crippen LogP contribution in [-0.4, -0.2) is 41.0 Å². The van der Waals surface area contributed by atoms with Crippen LogP contribution in [0.2, 0.25) is 0 Å². The summed E-state index contributed by atoms with van der Waals surface area (Å²) in [5, 5.41) is 19.2. The van der Waals surface area contributed by atoms with Crippen LogP contribution in [0.15, 0.2) is 17.7 Å². The first-order valence-electron chi connectivity index (χ1n) is 7.86. The molecule has 0 aliphatic carbocycles. The van der Waals surface area contributed by atoms with Gasteiger partial charge >= 0.3 is 19.1 Å². The van der Waals surface area contributed by atoms with Gasteiger partial charge in [0, 0.05) is 24.9 Å². The summed E-state index contributed by atoms with van der Waals surface area (Å²) in [6.45, 7) is 8.21. The molecular formula is C17H21BO7. The SMILES string of the molecule is Cc1cc(C=C2C(=O)OC(C)(C)OC2=O)c(OC(C)C)c(B(O)O)c1. The fraction of sp³-hybridized carbons (Fsp3) is 0.412. The summed E-state index contributed by atoms with van der Waals surface area (Å²) >= 11 is 0. The Bertz CT molecular complexity index is 713. The first-order chi connectivity index (χ1) is 11.5. The monoisotopic (exact) mass is 348 g/mol. The van der Waals surface area contributed by atoms with Crippen molar-refractivity contribution in [3.8, 4) is 5.75 Å². The fourth-order valence-corrected chi connectivity index (χ4v) is 2.43. The topological polar surface area (TPSA) is 102 Å². The largest absolute Gasteiger partial charge is 0.492 e. The molecule has 25 heavy (non-hydrogen) atoms. The molecule has 1 heterocycles. The zero-order chi connectivity index (χ0) is 18.9. The van der Waals surface area contributed by atoms with Crippen LogP contribution in [-0.2, 0) is 19.1 Å². The molecule has 2 N–H and O–H groups in total. The molecule has 0 amide bonds. The van der Waals surface area contributed by atoms with Crippen molar-refractivity contribution in [2.24, 2.45) is 0 Å². The summed E-state index contributed by atoms with van der Waals surface area (Å²) in [4.78, 5) is 24.3. The van der Waals surface area contributed by atoms with Gasteiger partial charge in [-0.3, -0.25) is 0 Å². The van der Waals surface area contributed by atoms with Gasteiger partial charge in [-0.2, -0.15) is 0 Å². The van der Waals surface area contributed by atoms with Crippen LogP contribution in [0.5, 0.6) is 5.75 Å². The van der Waals surface area contributed by atoms with E-state index in [1.54, 1.807) is 32.9 Å². The lowest BCUT2D eigenvalue weighted by Crippen LogP contribution is -2.41. The van der Waals surface area contributed by atoms with Crippen molar-refractivity contribution in [3.63, 3.8) is 0 Å². The smallest absolute Gasteiger partial charge is 0.491 e. The number of carbonyl (C=O) groups is 2. The quantitative estimate of drug-likeness (QED) is 0.357. The molecule has 8 heteroatoms. The van der Waals surface area contributed by atoms with E-state index in [2.05, 4.69) is 0 Å². The number of hydrogen-bond donors (Lipinski definition) is 2. The summed E-state index contributed by atoms with van der Waals surface area (Å²) in [6, 6.07) is 3.22. The lowest BCUT2D eigenvalue weighted by Gasteiger charge is -2.30. The molecule has 0 atom stereocenters. The van der Waals surface area contributed by atoms with Gasteiger partial charge in [0.1, 0.15) is 11.3 Å². The van der Waals surface area contributed by atoms with E-state index >= 15 is 0 Å². The van der Waals surface area contributed by atoms with Gasteiger partial charge < -0.3 is 24.3 Å². The Morgan fingerprint density at radius 2 is 1.72 bits per heavy atom. The highest BCUT2D eigenvalue weighted by atomic mass is 16.7. The molecule has 0 saturated carbocycles. The van der Waals surface area contributed by atoms with Gasteiger partial charge in [0.25, 0.3) is 5.79 Å². The molecule has 1 aliphatic rings. The molecule has 0 unspecified atom stereocenters. The van der Waals surface area contributed by atoms with Crippen molar-refractivity contribution in [3.05, 3.63) is 28.8 Å². The van der Waals surface area contributed by atoms with E-state index in [0.29, 0.717) is 11.1 Å². The molecule has 0 aromatic heterocycles. The third-order valence-electron chi connectivity index (χ3n) is 3.34. The van der Waals surface area contributed by atoms with Gasteiger partial charge in [-0.15, -0.1) is 0 Å². The fourth-order valence-electron chi connectivity index (χ4n) is 2.43. The minimum Gasteiger partial charge on any atom is -0.491 e. The number of aryl methyl sites for hydroxylation is 1. The Balaban J connectivity index is 2.58. The zero-order valence-electron chi connectivity index (χ0n) is 14.8. The molecule has 1 saturated heterocycles. The minimum atomic E-state index is -1.77. The molecule has 0 spiro atoms. The summed E-state index contributed by atoms with van der Waals surface area (Å²) in [5.74, 6) is -2.79. The van der Waals surface area contributed by atoms with E-state index in [1.165, 1.54) is 19.9 Å². The van der Waals surface area contributed by atoms with Crippen LogP contribution in [0.4, 0.5) is 0 Å². The number of benzene rings is 1. The van der Waals surface area contributed by atoms with Crippen molar-refractivity contribution in [2.75, 3.05) is 0 Å². The third kappa shape index (κ3) is 4.40. The summed E-state index contributed by atoms with van der Waals surface area (Å²) in [7, 11) is -1.77. The van der Waals surface area contributed by atoms with Crippen LogP contribution in [0, 0.1) is 6.92 Å². The predicted octanol–water partition coefficient (Wildman–Crippen LogP) is 0.682. The average Bonchev–Trinajstić information content (AvgIpc) is 2.43. The van der Waals surface area contributed by atoms with Crippen LogP contribution < -0.4 is 10.2 Å². The van der Waals surface area contributed by atoms with Crippen LogP contribution in [0.25, 0.3) is 6.08 Å². The molecule has 1 aromatic rings. The number of cyclic esters (lactones) is 2. The van der Waals surface area contributed by atoms with Crippen molar-refractivity contribution < 1.29 is 33.8 Å². The van der Waals surface area contributed by atoms with Crippen molar-refractivity contribution >= 4 is 30.6 Å². The maximum Gasteiger partial charge on any atom is 0.492 e. The molecule has 1 aliphatic heterocycles. The maximum atomic E-state index is 12.1. The standard InChI is InChI=1S/C17H21BO7/c1-9(2)23-14-11(6-10(3)7-13(14)18(21)22)8-12-15(19)24-17(4,5)25-16(12)20/h6-9,21-22H,1-5H3. The molecule has 1 aromatic carbocycles. The molecule has 2 rings (SSSR count). The first-order valence-corrected chi connectivity index (χ1v) is 7.86. The maximum absolute atomic E-state index is 12.1. The highest BCUT2D eigenvalue weighted by molar-refractivity contribution is 6.60. The van der Waals surface area contributed by atoms with Crippen LogP contribution in [0.1, 0.15) is 38.8 Å². The van der Waals surface area contributed by atoms with Gasteiger partial charge in [0.15, 0.2) is 0 Å². The third-order valence-corrected chi connectivity index (χ3v) is 3.34. The van der Waals surface area contributed by atoms with E-state index in [4.69, 9.17) is 14.2 Å².